The van der Waals surface area contributed by atoms with Gasteiger partial charge in [-0.05, 0) is 47.9 Å². The van der Waals surface area contributed by atoms with Crippen molar-refractivity contribution in [2.45, 2.75) is 38.4 Å². The van der Waals surface area contributed by atoms with Crippen LogP contribution in [0.4, 0.5) is 26.3 Å². The maximum atomic E-state index is 14.1. The number of guanidine groups is 1. The summed E-state index contributed by atoms with van der Waals surface area (Å²) in [5.41, 5.74) is -1.79. The van der Waals surface area contributed by atoms with Crippen LogP contribution in [0.15, 0.2) is 83.0 Å². The molecule has 2 aliphatic rings. The second kappa shape index (κ2) is 11.5. The molecule has 0 amide bonds. The van der Waals surface area contributed by atoms with Crippen LogP contribution in [0, 0.1) is 0 Å². The number of fused-ring (bicyclic) bond motifs is 1. The molecule has 0 aromatic heterocycles. The van der Waals surface area contributed by atoms with Crippen LogP contribution < -0.4 is 14.8 Å². The average molecular weight is 606 g/mol. The molecule has 0 saturated heterocycles. The fourth-order valence-corrected chi connectivity index (χ4v) is 5.04. The van der Waals surface area contributed by atoms with Gasteiger partial charge in [-0.2, -0.15) is 26.3 Å². The highest BCUT2D eigenvalue weighted by molar-refractivity contribution is 5.96. The third kappa shape index (κ3) is 6.11. The SMILES string of the molecule is COC(=O)C1=C(C)N(Cc2ccccc2C(F)(F)F)C(=NCc2ccc3c(c2)OCO3)NC1c1ccccc1C(F)(F)F. The van der Waals surface area contributed by atoms with E-state index in [2.05, 4.69) is 10.3 Å². The first-order chi connectivity index (χ1) is 20.4. The topological polar surface area (TPSA) is 72.4 Å². The highest BCUT2D eigenvalue weighted by Gasteiger charge is 2.42. The molecule has 3 aromatic carbocycles. The Labute approximate surface area is 242 Å². The first-order valence-electron chi connectivity index (χ1n) is 13.0. The molecule has 13 heteroatoms. The van der Waals surface area contributed by atoms with Gasteiger partial charge in [-0.3, -0.25) is 0 Å². The maximum absolute atomic E-state index is 14.1. The van der Waals surface area contributed by atoms with E-state index < -0.39 is 42.0 Å². The minimum absolute atomic E-state index is 0.0230. The lowest BCUT2D eigenvalue weighted by Gasteiger charge is -2.39. The molecule has 7 nitrogen and oxygen atoms in total. The van der Waals surface area contributed by atoms with E-state index in [0.29, 0.717) is 17.1 Å². The molecule has 226 valence electrons. The number of nitrogens with zero attached hydrogens (tertiary/aromatic N) is 2. The minimum atomic E-state index is -4.76. The molecule has 1 N–H and O–H groups in total. The van der Waals surface area contributed by atoms with E-state index >= 15 is 0 Å². The number of methoxy groups -OCH3 is 1. The van der Waals surface area contributed by atoms with Crippen molar-refractivity contribution in [1.29, 1.82) is 0 Å². The van der Waals surface area contributed by atoms with Crippen molar-refractivity contribution in [1.82, 2.24) is 10.2 Å². The number of hydrogen-bond acceptors (Lipinski definition) is 5. The number of ether oxygens (including phenoxy) is 3. The summed E-state index contributed by atoms with van der Waals surface area (Å²) >= 11 is 0. The van der Waals surface area contributed by atoms with Crippen LogP contribution in [0.25, 0.3) is 0 Å². The quantitative estimate of drug-likeness (QED) is 0.252. The lowest BCUT2D eigenvalue weighted by atomic mass is 9.91. The molecule has 0 aliphatic carbocycles. The summed E-state index contributed by atoms with van der Waals surface area (Å²) in [7, 11) is 1.07. The number of aliphatic imine (C=N–C) groups is 1. The van der Waals surface area contributed by atoms with Gasteiger partial charge in [-0.15, -0.1) is 0 Å². The van der Waals surface area contributed by atoms with Crippen molar-refractivity contribution in [2.75, 3.05) is 13.9 Å². The molecule has 5 rings (SSSR count). The average Bonchev–Trinajstić information content (AvgIpc) is 3.44. The number of benzene rings is 3. The zero-order valence-electron chi connectivity index (χ0n) is 22.8. The Balaban J connectivity index is 1.65. The van der Waals surface area contributed by atoms with Crippen LogP contribution >= 0.6 is 0 Å². The smallest absolute Gasteiger partial charge is 0.416 e. The number of alkyl halides is 6. The summed E-state index contributed by atoms with van der Waals surface area (Å²) in [5, 5.41) is 2.91. The lowest BCUT2D eigenvalue weighted by Crippen LogP contribution is -2.49. The number of allylic oxidation sites excluding steroid dienone is 1. The number of hydrogen-bond donors (Lipinski definition) is 1. The van der Waals surface area contributed by atoms with E-state index in [1.807, 2.05) is 0 Å². The van der Waals surface area contributed by atoms with Crippen LogP contribution in [0.2, 0.25) is 0 Å². The Kier molecular flexibility index (Phi) is 8.00. The van der Waals surface area contributed by atoms with Crippen molar-refractivity contribution in [3.8, 4) is 11.5 Å². The van der Waals surface area contributed by atoms with Crippen LogP contribution in [-0.4, -0.2) is 30.7 Å². The zero-order valence-corrected chi connectivity index (χ0v) is 22.8. The van der Waals surface area contributed by atoms with Crippen molar-refractivity contribution in [3.63, 3.8) is 0 Å². The van der Waals surface area contributed by atoms with E-state index in [4.69, 9.17) is 14.2 Å². The zero-order chi connectivity index (χ0) is 30.9. The van der Waals surface area contributed by atoms with Gasteiger partial charge in [0.05, 0.1) is 42.9 Å². The summed E-state index contributed by atoms with van der Waals surface area (Å²) in [6.45, 7) is 1.05. The summed E-state index contributed by atoms with van der Waals surface area (Å²) in [4.78, 5) is 19.0. The Hall–Kier alpha value is -4.68. The molecule has 3 aromatic rings. The largest absolute Gasteiger partial charge is 0.466 e. The molecule has 1 atom stereocenters. The molecule has 0 radical (unpaired) electrons. The highest BCUT2D eigenvalue weighted by atomic mass is 19.4. The number of esters is 1. The number of halogens is 6. The summed E-state index contributed by atoms with van der Waals surface area (Å²) in [5.74, 6) is 0.0203. The number of carbonyl (C=O) groups is 1. The van der Waals surface area contributed by atoms with E-state index in [1.165, 1.54) is 48.2 Å². The first kappa shape index (κ1) is 29.8. The molecule has 1 unspecified atom stereocenters. The minimum Gasteiger partial charge on any atom is -0.466 e. The first-order valence-corrected chi connectivity index (χ1v) is 13.0. The van der Waals surface area contributed by atoms with E-state index in [0.717, 1.165) is 19.2 Å². The monoisotopic (exact) mass is 605 g/mol. The predicted octanol–water partition coefficient (Wildman–Crippen LogP) is 6.60. The molecule has 2 aliphatic heterocycles. The predicted molar refractivity (Wildman–Crippen MR) is 143 cm³/mol. The van der Waals surface area contributed by atoms with Gasteiger partial charge in [0.2, 0.25) is 6.79 Å². The summed E-state index contributed by atoms with van der Waals surface area (Å²) < 4.78 is 99.6. The normalized spacial score (nSPS) is 17.7. The lowest BCUT2D eigenvalue weighted by molar-refractivity contribution is -0.140. The van der Waals surface area contributed by atoms with Gasteiger partial charge in [0.1, 0.15) is 0 Å². The molecule has 0 saturated carbocycles. The van der Waals surface area contributed by atoms with Crippen LogP contribution in [0.3, 0.4) is 0 Å². The fourth-order valence-electron chi connectivity index (χ4n) is 5.04. The molecule has 43 heavy (non-hydrogen) atoms. The van der Waals surface area contributed by atoms with Crippen molar-refractivity contribution >= 4 is 11.9 Å². The Bertz CT molecular complexity index is 1600. The van der Waals surface area contributed by atoms with Gasteiger partial charge >= 0.3 is 18.3 Å². The number of carbonyl (C=O) groups excluding carboxylic acids is 1. The number of rotatable bonds is 6. The maximum Gasteiger partial charge on any atom is 0.416 e. The van der Waals surface area contributed by atoms with E-state index in [-0.39, 0.29) is 41.7 Å². The van der Waals surface area contributed by atoms with Crippen LogP contribution in [0.5, 0.6) is 11.5 Å². The molecule has 0 spiro atoms. The standard InChI is InChI=1S/C30H25F6N3O4/c1-17-25(27(40)41-2)26(20-8-4-6-10-22(20)30(34,35)36)38-28(37-14-18-11-12-23-24(13-18)43-16-42-23)39(17)15-19-7-3-5-9-21(19)29(31,32)33/h3-13,26H,14-16H2,1-2H3,(H,37,38). The summed E-state index contributed by atoms with van der Waals surface area (Å²) in [6.07, 6.45) is -9.44. The molecule has 0 bridgehead atoms. The van der Waals surface area contributed by atoms with Gasteiger partial charge in [0.25, 0.3) is 0 Å². The van der Waals surface area contributed by atoms with Crippen molar-refractivity contribution < 1.29 is 45.3 Å². The second-order valence-corrected chi connectivity index (χ2v) is 9.72. The van der Waals surface area contributed by atoms with E-state index in [9.17, 15) is 31.1 Å². The van der Waals surface area contributed by atoms with Crippen molar-refractivity contribution in [3.05, 3.63) is 106 Å². The third-order valence-corrected chi connectivity index (χ3v) is 7.09. The third-order valence-electron chi connectivity index (χ3n) is 7.09. The van der Waals surface area contributed by atoms with E-state index in [1.54, 1.807) is 18.2 Å². The van der Waals surface area contributed by atoms with Crippen LogP contribution in [-0.2, 0) is 35.0 Å². The van der Waals surface area contributed by atoms with Crippen molar-refractivity contribution in [2.24, 2.45) is 4.99 Å². The van der Waals surface area contributed by atoms with Crippen LogP contribution in [0.1, 0.15) is 40.8 Å². The van der Waals surface area contributed by atoms with Gasteiger partial charge in [-0.25, -0.2) is 9.79 Å². The molecule has 0 fully saturated rings. The molecular weight excluding hydrogens is 580 g/mol. The van der Waals surface area contributed by atoms with Gasteiger partial charge in [-0.1, -0.05) is 42.5 Å². The Morgan fingerprint density at radius 3 is 2.30 bits per heavy atom. The number of nitrogens with one attached hydrogen (secondary N) is 1. The summed E-state index contributed by atoms with van der Waals surface area (Å²) in [6, 6.07) is 13.3. The van der Waals surface area contributed by atoms with Gasteiger partial charge < -0.3 is 24.4 Å². The highest BCUT2D eigenvalue weighted by Crippen LogP contribution is 2.41. The van der Waals surface area contributed by atoms with Gasteiger partial charge in [0.15, 0.2) is 17.5 Å². The molecule has 2 heterocycles. The second-order valence-electron chi connectivity index (χ2n) is 9.72. The molecular formula is C30H25F6N3O4. The Morgan fingerprint density at radius 2 is 1.60 bits per heavy atom. The Morgan fingerprint density at radius 1 is 0.953 bits per heavy atom. The van der Waals surface area contributed by atoms with Gasteiger partial charge in [0, 0.05) is 5.70 Å². The fraction of sp³-hybridized carbons (Fsp3) is 0.267.